The van der Waals surface area contributed by atoms with E-state index in [1.54, 1.807) is 7.05 Å². The lowest BCUT2D eigenvalue weighted by molar-refractivity contribution is -0.147. The fraction of sp³-hybridized carbons (Fsp3) is 1.00. The number of hydrogen-bond acceptors (Lipinski definition) is 3. The fourth-order valence-electron chi connectivity index (χ4n) is 2.55. The molecule has 1 atom stereocenters. The average Bonchev–Trinajstić information content (AvgIpc) is 2.24. The van der Waals surface area contributed by atoms with Crippen LogP contribution in [0.3, 0.4) is 0 Å². The Morgan fingerprint density at radius 1 is 1.39 bits per heavy atom. The van der Waals surface area contributed by atoms with Gasteiger partial charge in [0, 0.05) is 26.2 Å². The van der Waals surface area contributed by atoms with E-state index in [0.29, 0.717) is 25.6 Å². The molecule has 6 heteroatoms. The lowest BCUT2D eigenvalue weighted by atomic mass is 9.98. The first-order chi connectivity index (χ1) is 8.40. The Kier molecular flexibility index (Phi) is 6.38. The Labute approximate surface area is 107 Å². The van der Waals surface area contributed by atoms with Gasteiger partial charge in [0.15, 0.2) is 0 Å². The molecule has 0 aromatic rings. The predicted molar refractivity (Wildman–Crippen MR) is 66.6 cm³/mol. The summed E-state index contributed by atoms with van der Waals surface area (Å²) in [4.78, 5) is 3.73. The van der Waals surface area contributed by atoms with Crippen molar-refractivity contribution in [1.82, 2.24) is 15.1 Å². The van der Waals surface area contributed by atoms with E-state index in [1.165, 1.54) is 4.90 Å². The molecule has 1 aliphatic heterocycles. The van der Waals surface area contributed by atoms with Crippen LogP contribution < -0.4 is 5.32 Å². The Morgan fingerprint density at radius 2 is 2.11 bits per heavy atom. The molecule has 0 spiro atoms. The van der Waals surface area contributed by atoms with Crippen molar-refractivity contribution in [3.8, 4) is 0 Å². The molecule has 0 radical (unpaired) electrons. The molecule has 1 unspecified atom stereocenters. The summed E-state index contributed by atoms with van der Waals surface area (Å²) in [6.07, 6.45) is -1.97. The molecular formula is C12H24F3N3. The zero-order chi connectivity index (χ0) is 13.6. The number of nitrogens with zero attached hydrogens (tertiary/aromatic N) is 2. The normalized spacial score (nSPS) is 22.7. The van der Waals surface area contributed by atoms with Crippen molar-refractivity contribution in [2.45, 2.75) is 19.0 Å². The van der Waals surface area contributed by atoms with Crippen LogP contribution in [0.15, 0.2) is 0 Å². The van der Waals surface area contributed by atoms with Gasteiger partial charge in [-0.3, -0.25) is 4.90 Å². The number of nitrogens with one attached hydrogen (secondary N) is 1. The lowest BCUT2D eigenvalue weighted by Gasteiger charge is -2.34. The Balaban J connectivity index is 2.43. The third-order valence-electron chi connectivity index (χ3n) is 3.32. The number of piperidine rings is 1. The number of rotatable bonds is 6. The minimum absolute atomic E-state index is 0.364. The molecule has 1 rings (SSSR count). The van der Waals surface area contributed by atoms with Crippen molar-refractivity contribution < 1.29 is 13.2 Å². The van der Waals surface area contributed by atoms with E-state index in [0.717, 1.165) is 25.9 Å². The largest absolute Gasteiger partial charge is 0.401 e. The van der Waals surface area contributed by atoms with Gasteiger partial charge in [-0.2, -0.15) is 13.2 Å². The van der Waals surface area contributed by atoms with Gasteiger partial charge in [-0.15, -0.1) is 0 Å². The summed E-state index contributed by atoms with van der Waals surface area (Å²) in [6.45, 7) is 2.77. The molecule has 1 heterocycles. The predicted octanol–water partition coefficient (Wildman–Crippen LogP) is 1.41. The second-order valence-electron chi connectivity index (χ2n) is 5.22. The smallest absolute Gasteiger partial charge is 0.318 e. The van der Waals surface area contributed by atoms with Gasteiger partial charge in [0.1, 0.15) is 0 Å². The molecule has 1 saturated heterocycles. The zero-order valence-electron chi connectivity index (χ0n) is 11.3. The standard InChI is InChI=1S/C12H24F3N3/c1-16-5-7-18(10-12(13,14)15)9-11-4-3-6-17(2)8-11/h11,16H,3-10H2,1-2H3. The Morgan fingerprint density at radius 3 is 2.67 bits per heavy atom. The third kappa shape index (κ3) is 6.56. The van der Waals surface area contributed by atoms with Gasteiger partial charge in [-0.25, -0.2) is 0 Å². The van der Waals surface area contributed by atoms with Crippen LogP contribution in [0.2, 0.25) is 0 Å². The fourth-order valence-corrected chi connectivity index (χ4v) is 2.55. The highest BCUT2D eigenvalue weighted by Crippen LogP contribution is 2.20. The maximum atomic E-state index is 12.5. The van der Waals surface area contributed by atoms with E-state index in [1.807, 2.05) is 7.05 Å². The molecule has 108 valence electrons. The van der Waals surface area contributed by atoms with Crippen LogP contribution in [0.4, 0.5) is 13.2 Å². The molecule has 1 N–H and O–H groups in total. The molecule has 0 saturated carbocycles. The van der Waals surface area contributed by atoms with Gasteiger partial charge in [-0.05, 0) is 39.4 Å². The number of halogens is 3. The van der Waals surface area contributed by atoms with Crippen molar-refractivity contribution in [3.05, 3.63) is 0 Å². The first-order valence-corrected chi connectivity index (χ1v) is 6.53. The van der Waals surface area contributed by atoms with E-state index in [4.69, 9.17) is 0 Å². The van der Waals surface area contributed by atoms with Crippen LogP contribution in [0, 0.1) is 5.92 Å². The summed E-state index contributed by atoms with van der Waals surface area (Å²) < 4.78 is 37.5. The van der Waals surface area contributed by atoms with Gasteiger partial charge >= 0.3 is 6.18 Å². The van der Waals surface area contributed by atoms with E-state index in [2.05, 4.69) is 10.2 Å². The molecule has 1 aliphatic rings. The highest BCUT2D eigenvalue weighted by Gasteiger charge is 2.31. The minimum Gasteiger partial charge on any atom is -0.318 e. The van der Waals surface area contributed by atoms with Gasteiger partial charge in [-0.1, -0.05) is 0 Å². The highest BCUT2D eigenvalue weighted by atomic mass is 19.4. The summed E-state index contributed by atoms with van der Waals surface area (Å²) in [6, 6.07) is 0. The number of likely N-dealkylation sites (tertiary alicyclic amines) is 1. The van der Waals surface area contributed by atoms with E-state index in [9.17, 15) is 13.2 Å². The quantitative estimate of drug-likeness (QED) is 0.785. The molecule has 18 heavy (non-hydrogen) atoms. The van der Waals surface area contributed by atoms with Crippen LogP contribution in [0.1, 0.15) is 12.8 Å². The summed E-state index contributed by atoms with van der Waals surface area (Å²) in [5, 5.41) is 2.91. The Hall–Kier alpha value is -0.330. The summed E-state index contributed by atoms with van der Waals surface area (Å²) in [5.74, 6) is 0.364. The van der Waals surface area contributed by atoms with Crippen molar-refractivity contribution in [1.29, 1.82) is 0 Å². The van der Waals surface area contributed by atoms with Crippen LogP contribution in [-0.4, -0.2) is 69.3 Å². The summed E-state index contributed by atoms with van der Waals surface area (Å²) in [7, 11) is 3.80. The van der Waals surface area contributed by atoms with Gasteiger partial charge < -0.3 is 10.2 Å². The molecule has 0 aromatic carbocycles. The number of alkyl halides is 3. The van der Waals surface area contributed by atoms with Gasteiger partial charge in [0.05, 0.1) is 6.54 Å². The summed E-state index contributed by atoms with van der Waals surface area (Å²) in [5.41, 5.74) is 0. The Bertz CT molecular complexity index is 233. The zero-order valence-corrected chi connectivity index (χ0v) is 11.3. The van der Waals surface area contributed by atoms with Crippen molar-refractivity contribution in [3.63, 3.8) is 0 Å². The topological polar surface area (TPSA) is 18.5 Å². The van der Waals surface area contributed by atoms with E-state index in [-0.39, 0.29) is 0 Å². The van der Waals surface area contributed by atoms with Crippen LogP contribution in [-0.2, 0) is 0 Å². The first-order valence-electron chi connectivity index (χ1n) is 6.53. The lowest BCUT2D eigenvalue weighted by Crippen LogP contribution is -2.44. The van der Waals surface area contributed by atoms with Crippen molar-refractivity contribution in [2.75, 3.05) is 53.4 Å². The average molecular weight is 267 g/mol. The van der Waals surface area contributed by atoms with Gasteiger partial charge in [0.2, 0.25) is 0 Å². The van der Waals surface area contributed by atoms with Crippen LogP contribution in [0.5, 0.6) is 0 Å². The van der Waals surface area contributed by atoms with E-state index < -0.39 is 12.7 Å². The molecule has 0 amide bonds. The molecule has 3 nitrogen and oxygen atoms in total. The second kappa shape index (κ2) is 7.31. The minimum atomic E-state index is -4.10. The maximum Gasteiger partial charge on any atom is 0.401 e. The second-order valence-corrected chi connectivity index (χ2v) is 5.22. The first kappa shape index (κ1) is 15.7. The van der Waals surface area contributed by atoms with Crippen LogP contribution >= 0.6 is 0 Å². The SMILES string of the molecule is CNCCN(CC1CCCN(C)C1)CC(F)(F)F. The van der Waals surface area contributed by atoms with Gasteiger partial charge in [0.25, 0.3) is 0 Å². The number of hydrogen-bond donors (Lipinski definition) is 1. The number of likely N-dealkylation sites (N-methyl/N-ethyl adjacent to an activating group) is 1. The highest BCUT2D eigenvalue weighted by molar-refractivity contribution is 4.75. The third-order valence-corrected chi connectivity index (χ3v) is 3.32. The molecule has 0 aliphatic carbocycles. The molecular weight excluding hydrogens is 243 g/mol. The van der Waals surface area contributed by atoms with Crippen molar-refractivity contribution >= 4 is 0 Å². The van der Waals surface area contributed by atoms with Crippen LogP contribution in [0.25, 0.3) is 0 Å². The monoisotopic (exact) mass is 267 g/mol. The van der Waals surface area contributed by atoms with E-state index >= 15 is 0 Å². The van der Waals surface area contributed by atoms with Crippen molar-refractivity contribution in [2.24, 2.45) is 5.92 Å². The maximum absolute atomic E-state index is 12.5. The molecule has 0 bridgehead atoms. The molecule has 1 fully saturated rings. The molecule has 0 aromatic heterocycles. The summed E-state index contributed by atoms with van der Waals surface area (Å²) >= 11 is 0.